The van der Waals surface area contributed by atoms with Crippen LogP contribution in [0.1, 0.15) is 11.1 Å². The van der Waals surface area contributed by atoms with Gasteiger partial charge in [-0.05, 0) is 51.5 Å². The first-order valence-corrected chi connectivity index (χ1v) is 6.68. The van der Waals surface area contributed by atoms with Crippen LogP contribution in [0.2, 0.25) is 0 Å². The summed E-state index contributed by atoms with van der Waals surface area (Å²) >= 11 is 0. The SMILES string of the molecule is ClSc1ccc2c(c1)Cc1ccccc1O2. The van der Waals surface area contributed by atoms with Gasteiger partial charge in [-0.15, -0.1) is 0 Å². The highest BCUT2D eigenvalue weighted by atomic mass is 35.7. The first-order valence-electron chi connectivity index (χ1n) is 5.04. The molecule has 80 valence electrons. The second-order valence-electron chi connectivity index (χ2n) is 3.73. The molecule has 2 aromatic rings. The van der Waals surface area contributed by atoms with Gasteiger partial charge < -0.3 is 4.74 Å². The van der Waals surface area contributed by atoms with Crippen LogP contribution >= 0.6 is 21.7 Å². The average Bonchev–Trinajstić information content (AvgIpc) is 2.35. The van der Waals surface area contributed by atoms with E-state index in [1.807, 2.05) is 30.3 Å². The van der Waals surface area contributed by atoms with Gasteiger partial charge in [0.2, 0.25) is 0 Å². The summed E-state index contributed by atoms with van der Waals surface area (Å²) in [6, 6.07) is 14.2. The van der Waals surface area contributed by atoms with Gasteiger partial charge in [0, 0.05) is 16.9 Å². The van der Waals surface area contributed by atoms with E-state index in [4.69, 9.17) is 15.4 Å². The number of hydrogen-bond acceptors (Lipinski definition) is 2. The molecule has 0 fully saturated rings. The average molecular weight is 249 g/mol. The fourth-order valence-corrected chi connectivity index (χ4v) is 2.51. The Morgan fingerprint density at radius 2 is 1.81 bits per heavy atom. The van der Waals surface area contributed by atoms with Crippen molar-refractivity contribution in [2.75, 3.05) is 0 Å². The minimum Gasteiger partial charge on any atom is -0.457 e. The molecule has 0 unspecified atom stereocenters. The lowest BCUT2D eigenvalue weighted by molar-refractivity contribution is 0.459. The largest absolute Gasteiger partial charge is 0.457 e. The molecule has 1 aliphatic rings. The Morgan fingerprint density at radius 1 is 1.00 bits per heavy atom. The maximum absolute atomic E-state index is 5.82. The Kier molecular flexibility index (Phi) is 2.54. The number of halogens is 1. The molecule has 16 heavy (non-hydrogen) atoms. The number of para-hydroxylation sites is 1. The third-order valence-electron chi connectivity index (χ3n) is 2.69. The van der Waals surface area contributed by atoms with Gasteiger partial charge in [0.05, 0.1) is 0 Å². The molecule has 0 spiro atoms. The molecule has 0 saturated heterocycles. The van der Waals surface area contributed by atoms with Crippen LogP contribution < -0.4 is 4.74 Å². The minimum atomic E-state index is 0.913. The number of ether oxygens (including phenoxy) is 1. The Balaban J connectivity index is 2.05. The van der Waals surface area contributed by atoms with Crippen LogP contribution in [0.5, 0.6) is 11.5 Å². The molecule has 0 aromatic heterocycles. The van der Waals surface area contributed by atoms with Crippen molar-refractivity contribution in [2.45, 2.75) is 11.3 Å². The van der Waals surface area contributed by atoms with Crippen molar-refractivity contribution in [1.29, 1.82) is 0 Å². The van der Waals surface area contributed by atoms with Crippen LogP contribution in [0.25, 0.3) is 0 Å². The van der Waals surface area contributed by atoms with Crippen molar-refractivity contribution in [1.82, 2.24) is 0 Å². The van der Waals surface area contributed by atoms with Crippen LogP contribution in [-0.4, -0.2) is 0 Å². The van der Waals surface area contributed by atoms with Gasteiger partial charge in [-0.3, -0.25) is 0 Å². The Morgan fingerprint density at radius 3 is 2.69 bits per heavy atom. The Hall–Kier alpha value is -1.12. The molecule has 0 atom stereocenters. The summed E-state index contributed by atoms with van der Waals surface area (Å²) in [5.41, 5.74) is 2.43. The highest BCUT2D eigenvalue weighted by Gasteiger charge is 2.16. The molecule has 0 aliphatic carbocycles. The molecule has 3 rings (SSSR count). The van der Waals surface area contributed by atoms with Gasteiger partial charge in [0.25, 0.3) is 0 Å². The lowest BCUT2D eigenvalue weighted by Gasteiger charge is -2.20. The lowest BCUT2D eigenvalue weighted by atomic mass is 10.0. The normalized spacial score (nSPS) is 12.6. The molecular weight excluding hydrogens is 240 g/mol. The van der Waals surface area contributed by atoms with Gasteiger partial charge in [0.1, 0.15) is 11.5 Å². The van der Waals surface area contributed by atoms with Crippen LogP contribution in [0.15, 0.2) is 47.4 Å². The fourth-order valence-electron chi connectivity index (χ4n) is 1.91. The maximum Gasteiger partial charge on any atom is 0.131 e. The van der Waals surface area contributed by atoms with E-state index in [-0.39, 0.29) is 0 Å². The zero-order chi connectivity index (χ0) is 11.0. The van der Waals surface area contributed by atoms with Crippen molar-refractivity contribution >= 4 is 21.7 Å². The van der Waals surface area contributed by atoms with Crippen LogP contribution in [0.3, 0.4) is 0 Å². The van der Waals surface area contributed by atoms with Gasteiger partial charge in [-0.1, -0.05) is 18.2 Å². The van der Waals surface area contributed by atoms with E-state index in [2.05, 4.69) is 12.1 Å². The van der Waals surface area contributed by atoms with Crippen molar-refractivity contribution in [3.63, 3.8) is 0 Å². The van der Waals surface area contributed by atoms with Crippen LogP contribution in [0, 0.1) is 0 Å². The number of fused-ring (bicyclic) bond motifs is 2. The summed E-state index contributed by atoms with van der Waals surface area (Å²) in [4.78, 5) is 1.06. The summed E-state index contributed by atoms with van der Waals surface area (Å²) in [5, 5.41) is 0. The molecule has 0 N–H and O–H groups in total. The third kappa shape index (κ3) is 1.68. The van der Waals surface area contributed by atoms with Gasteiger partial charge in [-0.25, -0.2) is 0 Å². The highest BCUT2D eigenvalue weighted by Crippen LogP contribution is 2.38. The van der Waals surface area contributed by atoms with E-state index >= 15 is 0 Å². The second-order valence-corrected chi connectivity index (χ2v) is 4.82. The van der Waals surface area contributed by atoms with E-state index in [9.17, 15) is 0 Å². The molecule has 0 amide bonds. The zero-order valence-corrected chi connectivity index (χ0v) is 10.0. The fraction of sp³-hybridized carbons (Fsp3) is 0.0769. The van der Waals surface area contributed by atoms with Crippen LogP contribution in [-0.2, 0) is 6.42 Å². The van der Waals surface area contributed by atoms with Crippen LogP contribution in [0.4, 0.5) is 0 Å². The monoisotopic (exact) mass is 248 g/mol. The summed E-state index contributed by atoms with van der Waals surface area (Å²) in [6.45, 7) is 0. The molecular formula is C13H9ClOS. The van der Waals surface area contributed by atoms with E-state index in [0.29, 0.717) is 0 Å². The van der Waals surface area contributed by atoms with E-state index in [1.54, 1.807) is 0 Å². The van der Waals surface area contributed by atoms with E-state index in [1.165, 1.54) is 22.1 Å². The lowest BCUT2D eigenvalue weighted by Crippen LogP contribution is -2.02. The minimum absolute atomic E-state index is 0.913. The summed E-state index contributed by atoms with van der Waals surface area (Å²) < 4.78 is 5.82. The molecule has 2 aromatic carbocycles. The van der Waals surface area contributed by atoms with Crippen molar-refractivity contribution < 1.29 is 4.74 Å². The predicted molar refractivity (Wildman–Crippen MR) is 67.5 cm³/mol. The molecule has 1 aliphatic heterocycles. The number of benzene rings is 2. The molecule has 0 radical (unpaired) electrons. The molecule has 0 bridgehead atoms. The molecule has 3 heteroatoms. The maximum atomic E-state index is 5.82. The number of hydrogen-bond donors (Lipinski definition) is 0. The van der Waals surface area contributed by atoms with Gasteiger partial charge in [0.15, 0.2) is 0 Å². The first-order chi connectivity index (χ1) is 7.86. The molecule has 0 saturated carbocycles. The standard InChI is InChI=1S/C13H9ClOS/c14-16-11-5-6-13-10(8-11)7-9-3-1-2-4-12(9)15-13/h1-6,8H,7H2. The smallest absolute Gasteiger partial charge is 0.131 e. The van der Waals surface area contributed by atoms with E-state index < -0.39 is 0 Å². The van der Waals surface area contributed by atoms with Crippen molar-refractivity contribution in [3.8, 4) is 11.5 Å². The number of rotatable bonds is 1. The summed E-state index contributed by atoms with van der Waals surface area (Å²) in [7, 11) is 6.99. The zero-order valence-electron chi connectivity index (χ0n) is 8.44. The quantitative estimate of drug-likeness (QED) is 0.621. The molecule has 1 heterocycles. The Labute approximate surface area is 103 Å². The highest BCUT2D eigenvalue weighted by molar-refractivity contribution is 8.21. The first kappa shape index (κ1) is 10.1. The van der Waals surface area contributed by atoms with Gasteiger partial charge >= 0.3 is 0 Å². The van der Waals surface area contributed by atoms with Crippen molar-refractivity contribution in [2.24, 2.45) is 0 Å². The Bertz CT molecular complexity index is 539. The van der Waals surface area contributed by atoms with E-state index in [0.717, 1.165) is 22.8 Å². The predicted octanol–water partition coefficient (Wildman–Crippen LogP) is 4.63. The summed E-state index contributed by atoms with van der Waals surface area (Å²) in [6.07, 6.45) is 0.913. The third-order valence-corrected chi connectivity index (χ3v) is 3.66. The second kappa shape index (κ2) is 4.04. The van der Waals surface area contributed by atoms with Crippen molar-refractivity contribution in [3.05, 3.63) is 53.6 Å². The van der Waals surface area contributed by atoms with Gasteiger partial charge in [-0.2, -0.15) is 0 Å². The summed E-state index contributed by atoms with van der Waals surface area (Å²) in [5.74, 6) is 1.90. The topological polar surface area (TPSA) is 9.23 Å². The molecule has 1 nitrogen and oxygen atoms in total.